The van der Waals surface area contributed by atoms with Gasteiger partial charge in [-0.1, -0.05) is 20.8 Å². The average molecular weight is 357 g/mol. The zero-order chi connectivity index (χ0) is 15.8. The number of piperazine rings is 1. The molecule has 0 radical (unpaired) electrons. The summed E-state index contributed by atoms with van der Waals surface area (Å²) in [6.07, 6.45) is 1.69. The maximum absolute atomic E-state index is 12.3. The van der Waals surface area contributed by atoms with E-state index in [0.717, 1.165) is 5.69 Å². The summed E-state index contributed by atoms with van der Waals surface area (Å²) in [7, 11) is 1.62. The Balaban J connectivity index is 2.10. The van der Waals surface area contributed by atoms with Crippen molar-refractivity contribution in [2.75, 3.05) is 31.1 Å². The standard InChI is InChI=1S/C14H21BrN4O2/c1-14(2,3)13(21)19-7-5-18(6-8-19)10-9-16-17(4)12(20)11(10)15/h9H,5-8H2,1-4H3. The minimum absolute atomic E-state index is 0.152. The second-order valence-corrected chi connectivity index (χ2v) is 7.09. The van der Waals surface area contributed by atoms with Gasteiger partial charge in [0.15, 0.2) is 0 Å². The Morgan fingerprint density at radius 1 is 1.24 bits per heavy atom. The fourth-order valence-electron chi connectivity index (χ4n) is 2.35. The molecule has 21 heavy (non-hydrogen) atoms. The van der Waals surface area contributed by atoms with Gasteiger partial charge in [-0.05, 0) is 15.9 Å². The highest BCUT2D eigenvalue weighted by Gasteiger charge is 2.30. The third kappa shape index (κ3) is 3.28. The van der Waals surface area contributed by atoms with Crippen molar-refractivity contribution < 1.29 is 4.79 Å². The molecule has 1 aliphatic heterocycles. The summed E-state index contributed by atoms with van der Waals surface area (Å²) in [5, 5.41) is 4.06. The van der Waals surface area contributed by atoms with E-state index in [0.29, 0.717) is 30.7 Å². The summed E-state index contributed by atoms with van der Waals surface area (Å²) in [4.78, 5) is 28.1. The topological polar surface area (TPSA) is 58.4 Å². The quantitative estimate of drug-likeness (QED) is 0.759. The minimum atomic E-state index is -0.354. The summed E-state index contributed by atoms with van der Waals surface area (Å²) >= 11 is 3.35. The van der Waals surface area contributed by atoms with Crippen molar-refractivity contribution in [3.8, 4) is 0 Å². The van der Waals surface area contributed by atoms with Crippen LogP contribution in [0.15, 0.2) is 15.5 Å². The maximum Gasteiger partial charge on any atom is 0.282 e. The third-order valence-electron chi connectivity index (χ3n) is 3.61. The Morgan fingerprint density at radius 3 is 2.33 bits per heavy atom. The second kappa shape index (κ2) is 5.79. The molecule has 116 valence electrons. The predicted octanol–water partition coefficient (Wildman–Crippen LogP) is 1.24. The molecule has 1 aromatic rings. The molecule has 0 N–H and O–H groups in total. The third-order valence-corrected chi connectivity index (χ3v) is 4.35. The molecule has 7 heteroatoms. The Hall–Kier alpha value is -1.37. The van der Waals surface area contributed by atoms with E-state index in [4.69, 9.17) is 0 Å². The highest BCUT2D eigenvalue weighted by Crippen LogP contribution is 2.24. The van der Waals surface area contributed by atoms with Crippen LogP contribution in [0.2, 0.25) is 0 Å². The summed E-state index contributed by atoms with van der Waals surface area (Å²) in [5.41, 5.74) is 0.286. The number of carbonyl (C=O) groups is 1. The Kier molecular flexibility index (Phi) is 4.41. The highest BCUT2D eigenvalue weighted by molar-refractivity contribution is 9.10. The van der Waals surface area contributed by atoms with E-state index in [-0.39, 0.29) is 16.9 Å². The SMILES string of the molecule is Cn1ncc(N2CCN(C(=O)C(C)(C)C)CC2)c(Br)c1=O. The van der Waals surface area contributed by atoms with Gasteiger partial charge < -0.3 is 9.80 Å². The van der Waals surface area contributed by atoms with E-state index in [9.17, 15) is 9.59 Å². The van der Waals surface area contributed by atoms with Crippen LogP contribution in [-0.4, -0.2) is 46.8 Å². The van der Waals surface area contributed by atoms with Crippen molar-refractivity contribution in [2.24, 2.45) is 12.5 Å². The van der Waals surface area contributed by atoms with E-state index in [2.05, 4.69) is 25.9 Å². The Morgan fingerprint density at radius 2 is 1.81 bits per heavy atom. The molecule has 0 aliphatic carbocycles. The van der Waals surface area contributed by atoms with Crippen LogP contribution in [0.5, 0.6) is 0 Å². The van der Waals surface area contributed by atoms with Gasteiger partial charge in [0.25, 0.3) is 5.56 Å². The van der Waals surface area contributed by atoms with E-state index in [1.165, 1.54) is 4.68 Å². The highest BCUT2D eigenvalue weighted by atomic mass is 79.9. The number of carbonyl (C=O) groups excluding carboxylic acids is 1. The lowest BCUT2D eigenvalue weighted by Crippen LogP contribution is -2.52. The first-order valence-electron chi connectivity index (χ1n) is 6.98. The van der Waals surface area contributed by atoms with E-state index >= 15 is 0 Å². The molecular weight excluding hydrogens is 336 g/mol. The van der Waals surface area contributed by atoms with Gasteiger partial charge in [-0.25, -0.2) is 4.68 Å². The minimum Gasteiger partial charge on any atom is -0.366 e. The molecule has 1 saturated heterocycles. The van der Waals surface area contributed by atoms with Gasteiger partial charge in [-0.3, -0.25) is 9.59 Å². The largest absolute Gasteiger partial charge is 0.366 e. The molecule has 0 unspecified atom stereocenters. The number of aryl methyl sites for hydroxylation is 1. The monoisotopic (exact) mass is 356 g/mol. The normalized spacial score (nSPS) is 16.2. The van der Waals surface area contributed by atoms with Crippen LogP contribution in [0.3, 0.4) is 0 Å². The molecule has 2 heterocycles. The number of anilines is 1. The first kappa shape index (κ1) is 16.0. The van der Waals surface area contributed by atoms with Gasteiger partial charge in [0.05, 0.1) is 11.9 Å². The van der Waals surface area contributed by atoms with Gasteiger partial charge >= 0.3 is 0 Å². The molecule has 1 fully saturated rings. The van der Waals surface area contributed by atoms with E-state index in [1.807, 2.05) is 25.7 Å². The second-order valence-electron chi connectivity index (χ2n) is 6.30. The van der Waals surface area contributed by atoms with Crippen LogP contribution in [0, 0.1) is 5.41 Å². The van der Waals surface area contributed by atoms with Crippen molar-refractivity contribution in [3.05, 3.63) is 21.0 Å². The van der Waals surface area contributed by atoms with Crippen LogP contribution in [0.1, 0.15) is 20.8 Å². The lowest BCUT2D eigenvalue weighted by atomic mass is 9.94. The molecule has 0 aromatic carbocycles. The van der Waals surface area contributed by atoms with E-state index < -0.39 is 0 Å². The molecular formula is C14H21BrN4O2. The zero-order valence-corrected chi connectivity index (χ0v) is 14.5. The van der Waals surface area contributed by atoms with Gasteiger partial charge in [0, 0.05) is 38.6 Å². The molecule has 0 bridgehead atoms. The van der Waals surface area contributed by atoms with Crippen molar-refractivity contribution >= 4 is 27.5 Å². The van der Waals surface area contributed by atoms with Crippen molar-refractivity contribution in [1.29, 1.82) is 0 Å². The Bertz CT molecular complexity index is 598. The van der Waals surface area contributed by atoms with Gasteiger partial charge in [0.1, 0.15) is 4.47 Å². The molecule has 1 aromatic heterocycles. The summed E-state index contributed by atoms with van der Waals surface area (Å²) in [6.45, 7) is 8.54. The molecule has 0 saturated carbocycles. The summed E-state index contributed by atoms with van der Waals surface area (Å²) in [6, 6.07) is 0. The van der Waals surface area contributed by atoms with Crippen LogP contribution in [0.25, 0.3) is 0 Å². The van der Waals surface area contributed by atoms with Gasteiger partial charge in [-0.15, -0.1) is 0 Å². The predicted molar refractivity (Wildman–Crippen MR) is 85.4 cm³/mol. The summed E-state index contributed by atoms with van der Waals surface area (Å²) < 4.78 is 1.82. The van der Waals surface area contributed by atoms with Crippen LogP contribution in [0.4, 0.5) is 5.69 Å². The molecule has 1 amide bonds. The number of hydrogen-bond donors (Lipinski definition) is 0. The fourth-order valence-corrected chi connectivity index (χ4v) is 2.96. The number of rotatable bonds is 1. The van der Waals surface area contributed by atoms with Crippen molar-refractivity contribution in [2.45, 2.75) is 20.8 Å². The summed E-state index contributed by atoms with van der Waals surface area (Å²) in [5.74, 6) is 0.170. The molecule has 0 atom stereocenters. The number of hydrogen-bond acceptors (Lipinski definition) is 4. The first-order valence-corrected chi connectivity index (χ1v) is 7.77. The number of amides is 1. The molecule has 6 nitrogen and oxygen atoms in total. The van der Waals surface area contributed by atoms with Crippen molar-refractivity contribution in [1.82, 2.24) is 14.7 Å². The fraction of sp³-hybridized carbons (Fsp3) is 0.643. The van der Waals surface area contributed by atoms with Gasteiger partial charge in [-0.2, -0.15) is 5.10 Å². The number of aromatic nitrogens is 2. The number of nitrogens with zero attached hydrogens (tertiary/aromatic N) is 4. The van der Waals surface area contributed by atoms with Gasteiger partial charge in [0.2, 0.25) is 5.91 Å². The lowest BCUT2D eigenvalue weighted by Gasteiger charge is -2.38. The molecule has 2 rings (SSSR count). The Labute approximate surface area is 132 Å². The van der Waals surface area contributed by atoms with Crippen molar-refractivity contribution in [3.63, 3.8) is 0 Å². The van der Waals surface area contributed by atoms with Crippen LogP contribution in [-0.2, 0) is 11.8 Å². The zero-order valence-electron chi connectivity index (χ0n) is 12.9. The molecule has 0 spiro atoms. The average Bonchev–Trinajstić information content (AvgIpc) is 2.43. The smallest absolute Gasteiger partial charge is 0.282 e. The van der Waals surface area contributed by atoms with Crippen LogP contribution < -0.4 is 10.5 Å². The maximum atomic E-state index is 12.3. The lowest BCUT2D eigenvalue weighted by molar-refractivity contribution is -0.139. The first-order chi connectivity index (χ1) is 9.71. The van der Waals surface area contributed by atoms with Crippen LogP contribution >= 0.6 is 15.9 Å². The molecule has 1 aliphatic rings. The number of halogens is 1. The van der Waals surface area contributed by atoms with E-state index in [1.54, 1.807) is 13.2 Å².